The summed E-state index contributed by atoms with van der Waals surface area (Å²) in [6.07, 6.45) is 0.336. The van der Waals surface area contributed by atoms with Gasteiger partial charge in [0.1, 0.15) is 5.82 Å². The molecule has 3 aromatic carbocycles. The van der Waals surface area contributed by atoms with Crippen LogP contribution in [0.4, 0.5) is 10.1 Å². The summed E-state index contributed by atoms with van der Waals surface area (Å²) in [5.41, 5.74) is 2.75. The number of imide groups is 1. The van der Waals surface area contributed by atoms with Crippen molar-refractivity contribution >= 4 is 23.4 Å². The van der Waals surface area contributed by atoms with Crippen LogP contribution in [-0.2, 0) is 11.3 Å². The Morgan fingerprint density at radius 3 is 2.03 bits per heavy atom. The molecule has 3 amide bonds. The van der Waals surface area contributed by atoms with Crippen LogP contribution < -0.4 is 10.2 Å². The van der Waals surface area contributed by atoms with Crippen LogP contribution in [-0.4, -0.2) is 66.3 Å². The molecule has 0 aromatic heterocycles. The number of amides is 3. The minimum atomic E-state index is -0.497. The Hall–Kier alpha value is -4.04. The van der Waals surface area contributed by atoms with Crippen molar-refractivity contribution in [1.29, 1.82) is 0 Å². The maximum absolute atomic E-state index is 13.4. The van der Waals surface area contributed by atoms with Gasteiger partial charge in [-0.3, -0.25) is 24.2 Å². The molecule has 3 aromatic rings. The molecule has 37 heavy (non-hydrogen) atoms. The van der Waals surface area contributed by atoms with Gasteiger partial charge in [-0.1, -0.05) is 42.5 Å². The Balaban J connectivity index is 1.27. The van der Waals surface area contributed by atoms with Crippen LogP contribution in [0.5, 0.6) is 0 Å². The summed E-state index contributed by atoms with van der Waals surface area (Å²) in [5.74, 6) is -1.03. The molecule has 0 radical (unpaired) electrons. The number of hydrogen-bond donors (Lipinski definition) is 1. The SMILES string of the molecule is O=C(NCc1ccccc1)C(CCN1C(=O)c2ccccc2C1=O)N1CCN(c2ccc(F)cc2)CC1. The molecule has 1 atom stereocenters. The molecule has 8 heteroatoms. The van der Waals surface area contributed by atoms with Gasteiger partial charge in [-0.05, 0) is 48.4 Å². The van der Waals surface area contributed by atoms with E-state index in [0.29, 0.717) is 50.3 Å². The fraction of sp³-hybridized carbons (Fsp3) is 0.276. The van der Waals surface area contributed by atoms with E-state index in [1.807, 2.05) is 30.3 Å². The molecule has 190 valence electrons. The third kappa shape index (κ3) is 5.39. The highest BCUT2D eigenvalue weighted by Crippen LogP contribution is 2.24. The summed E-state index contributed by atoms with van der Waals surface area (Å²) in [6, 6.07) is 22.4. The van der Waals surface area contributed by atoms with Crippen molar-refractivity contribution in [3.63, 3.8) is 0 Å². The summed E-state index contributed by atoms with van der Waals surface area (Å²) < 4.78 is 13.3. The Kier molecular flexibility index (Phi) is 7.28. The maximum atomic E-state index is 13.4. The lowest BCUT2D eigenvalue weighted by atomic mass is 10.1. The second-order valence-electron chi connectivity index (χ2n) is 9.31. The van der Waals surface area contributed by atoms with E-state index >= 15 is 0 Å². The first kappa shape index (κ1) is 24.6. The number of rotatable bonds is 8. The predicted molar refractivity (Wildman–Crippen MR) is 139 cm³/mol. The van der Waals surface area contributed by atoms with Crippen LogP contribution in [0.2, 0.25) is 0 Å². The topological polar surface area (TPSA) is 73.0 Å². The number of halogens is 1. The van der Waals surface area contributed by atoms with Crippen molar-refractivity contribution in [2.75, 3.05) is 37.6 Å². The molecule has 0 saturated carbocycles. The summed E-state index contributed by atoms with van der Waals surface area (Å²) in [5, 5.41) is 3.04. The van der Waals surface area contributed by atoms with Gasteiger partial charge >= 0.3 is 0 Å². The number of carbonyl (C=O) groups is 3. The average Bonchev–Trinajstić information content (AvgIpc) is 3.18. The molecule has 1 unspecified atom stereocenters. The van der Waals surface area contributed by atoms with Gasteiger partial charge in [0.2, 0.25) is 5.91 Å². The van der Waals surface area contributed by atoms with Gasteiger partial charge in [0, 0.05) is 45.0 Å². The molecular weight excluding hydrogens is 471 g/mol. The molecule has 1 fully saturated rings. The monoisotopic (exact) mass is 500 g/mol. The highest BCUT2D eigenvalue weighted by molar-refractivity contribution is 6.21. The first-order valence-electron chi connectivity index (χ1n) is 12.5. The van der Waals surface area contributed by atoms with Gasteiger partial charge in [-0.25, -0.2) is 4.39 Å². The van der Waals surface area contributed by atoms with E-state index in [1.165, 1.54) is 17.0 Å². The number of nitrogens with zero attached hydrogens (tertiary/aromatic N) is 3. The zero-order valence-electron chi connectivity index (χ0n) is 20.5. The minimum Gasteiger partial charge on any atom is -0.369 e. The molecule has 7 nitrogen and oxygen atoms in total. The molecule has 1 N–H and O–H groups in total. The lowest BCUT2D eigenvalue weighted by Gasteiger charge is -2.40. The van der Waals surface area contributed by atoms with Crippen LogP contribution >= 0.6 is 0 Å². The minimum absolute atomic E-state index is 0.129. The predicted octanol–water partition coefficient (Wildman–Crippen LogP) is 3.32. The number of benzene rings is 3. The smallest absolute Gasteiger partial charge is 0.261 e. The van der Waals surface area contributed by atoms with E-state index < -0.39 is 6.04 Å². The Bertz CT molecular complexity index is 1240. The Morgan fingerprint density at radius 1 is 0.811 bits per heavy atom. The zero-order chi connectivity index (χ0) is 25.8. The molecular formula is C29H29FN4O3. The third-order valence-corrected chi connectivity index (χ3v) is 7.06. The molecule has 2 aliphatic rings. The van der Waals surface area contributed by atoms with Gasteiger partial charge in [0.05, 0.1) is 17.2 Å². The quantitative estimate of drug-likeness (QED) is 0.481. The van der Waals surface area contributed by atoms with E-state index in [2.05, 4.69) is 15.1 Å². The van der Waals surface area contributed by atoms with Crippen LogP contribution in [0.3, 0.4) is 0 Å². The van der Waals surface area contributed by atoms with Crippen LogP contribution in [0.1, 0.15) is 32.7 Å². The molecule has 2 aliphatic heterocycles. The standard InChI is InChI=1S/C29H29FN4O3/c30-22-10-12-23(13-11-22)32-16-18-33(19-17-32)26(27(35)31-20-21-6-2-1-3-7-21)14-15-34-28(36)24-8-4-5-9-25(24)29(34)37/h1-13,26H,14-20H2,(H,31,35). The van der Waals surface area contributed by atoms with E-state index in [1.54, 1.807) is 36.4 Å². The summed E-state index contributed by atoms with van der Waals surface area (Å²) in [4.78, 5) is 44.6. The number of fused-ring (bicyclic) bond motifs is 1. The van der Waals surface area contributed by atoms with Crippen LogP contribution in [0.15, 0.2) is 78.9 Å². The van der Waals surface area contributed by atoms with Gasteiger partial charge < -0.3 is 10.2 Å². The third-order valence-electron chi connectivity index (χ3n) is 7.06. The fourth-order valence-electron chi connectivity index (χ4n) is 5.02. The van der Waals surface area contributed by atoms with Gasteiger partial charge in [0.15, 0.2) is 0 Å². The molecule has 0 spiro atoms. The lowest BCUT2D eigenvalue weighted by molar-refractivity contribution is -0.127. The maximum Gasteiger partial charge on any atom is 0.261 e. The molecule has 1 saturated heterocycles. The van der Waals surface area contributed by atoms with Gasteiger partial charge in [-0.2, -0.15) is 0 Å². The summed E-state index contributed by atoms with van der Waals surface area (Å²) in [7, 11) is 0. The number of anilines is 1. The van der Waals surface area contributed by atoms with Crippen molar-refractivity contribution in [3.05, 3.63) is 101 Å². The van der Waals surface area contributed by atoms with E-state index in [4.69, 9.17) is 0 Å². The van der Waals surface area contributed by atoms with Crippen LogP contribution in [0, 0.1) is 5.82 Å². The van der Waals surface area contributed by atoms with Crippen LogP contribution in [0.25, 0.3) is 0 Å². The lowest BCUT2D eigenvalue weighted by Crippen LogP contribution is -2.55. The largest absolute Gasteiger partial charge is 0.369 e. The molecule has 0 aliphatic carbocycles. The number of nitrogens with one attached hydrogen (secondary N) is 1. The number of piperazine rings is 1. The zero-order valence-corrected chi connectivity index (χ0v) is 20.5. The molecule has 5 rings (SSSR count). The van der Waals surface area contributed by atoms with E-state index in [9.17, 15) is 18.8 Å². The van der Waals surface area contributed by atoms with Crippen molar-refractivity contribution in [1.82, 2.24) is 15.1 Å². The van der Waals surface area contributed by atoms with Crippen molar-refractivity contribution < 1.29 is 18.8 Å². The summed E-state index contributed by atoms with van der Waals surface area (Å²) in [6.45, 7) is 3.18. The Labute approximate surface area is 215 Å². The summed E-state index contributed by atoms with van der Waals surface area (Å²) >= 11 is 0. The van der Waals surface area contributed by atoms with Crippen molar-refractivity contribution in [3.8, 4) is 0 Å². The highest BCUT2D eigenvalue weighted by atomic mass is 19.1. The average molecular weight is 501 g/mol. The normalized spacial score (nSPS) is 16.6. The van der Waals surface area contributed by atoms with Gasteiger partial charge in [0.25, 0.3) is 11.8 Å². The number of carbonyl (C=O) groups excluding carboxylic acids is 3. The van der Waals surface area contributed by atoms with Crippen molar-refractivity contribution in [2.24, 2.45) is 0 Å². The molecule has 0 bridgehead atoms. The first-order valence-corrected chi connectivity index (χ1v) is 12.5. The second-order valence-corrected chi connectivity index (χ2v) is 9.31. The second kappa shape index (κ2) is 10.9. The van der Waals surface area contributed by atoms with E-state index in [0.717, 1.165) is 11.3 Å². The van der Waals surface area contributed by atoms with Crippen molar-refractivity contribution in [2.45, 2.75) is 19.0 Å². The van der Waals surface area contributed by atoms with Gasteiger partial charge in [-0.15, -0.1) is 0 Å². The fourth-order valence-corrected chi connectivity index (χ4v) is 5.02. The molecule has 2 heterocycles. The highest BCUT2D eigenvalue weighted by Gasteiger charge is 2.37. The Morgan fingerprint density at radius 2 is 1.41 bits per heavy atom. The number of hydrogen-bond acceptors (Lipinski definition) is 5. The first-order chi connectivity index (χ1) is 18.0. The van der Waals surface area contributed by atoms with E-state index in [-0.39, 0.29) is 30.1 Å².